The van der Waals surface area contributed by atoms with E-state index in [1.54, 1.807) is 36.4 Å². The van der Waals surface area contributed by atoms with Gasteiger partial charge in [-0.25, -0.2) is 9.97 Å². The van der Waals surface area contributed by atoms with Crippen LogP contribution in [-0.2, 0) is 12.6 Å². The number of aromatic nitrogens is 3. The van der Waals surface area contributed by atoms with Gasteiger partial charge in [0, 0.05) is 18.3 Å². The van der Waals surface area contributed by atoms with Crippen molar-refractivity contribution in [3.8, 4) is 0 Å². The number of carbonyl (C=O) groups is 1. The van der Waals surface area contributed by atoms with Gasteiger partial charge in [0.05, 0.1) is 22.2 Å². The van der Waals surface area contributed by atoms with E-state index in [0.717, 1.165) is 17.7 Å². The average Bonchev–Trinajstić information content (AvgIpc) is 3.10. The first-order valence-electron chi connectivity index (χ1n) is 8.86. The van der Waals surface area contributed by atoms with E-state index in [9.17, 15) is 18.0 Å². The minimum Gasteiger partial charge on any atom is -0.342 e. The lowest BCUT2D eigenvalue weighted by Crippen LogP contribution is -2.12. The number of benzene rings is 2. The first-order valence-corrected chi connectivity index (χ1v) is 9.24. The van der Waals surface area contributed by atoms with Gasteiger partial charge >= 0.3 is 6.18 Å². The van der Waals surface area contributed by atoms with E-state index >= 15 is 0 Å². The molecule has 4 aromatic rings. The molecule has 0 aliphatic rings. The Morgan fingerprint density at radius 1 is 1.10 bits per heavy atom. The lowest BCUT2D eigenvalue weighted by molar-refractivity contribution is -0.137. The molecule has 2 aromatic carbocycles. The average molecular weight is 431 g/mol. The summed E-state index contributed by atoms with van der Waals surface area (Å²) < 4.78 is 38.6. The molecule has 9 heteroatoms. The third kappa shape index (κ3) is 4.28. The van der Waals surface area contributed by atoms with Crippen molar-refractivity contribution in [1.82, 2.24) is 15.0 Å². The number of fused-ring (bicyclic) bond motifs is 1. The number of aromatic amines is 1. The fourth-order valence-electron chi connectivity index (χ4n) is 2.98. The quantitative estimate of drug-likeness (QED) is 0.421. The monoisotopic (exact) mass is 430 g/mol. The van der Waals surface area contributed by atoms with Crippen LogP contribution >= 0.6 is 11.6 Å². The Labute approximate surface area is 173 Å². The maximum Gasteiger partial charge on any atom is 0.416 e. The summed E-state index contributed by atoms with van der Waals surface area (Å²) in [6, 6.07) is 13.7. The summed E-state index contributed by atoms with van der Waals surface area (Å²) in [6.45, 7) is 0. The number of H-pyrrole nitrogens is 1. The van der Waals surface area contributed by atoms with Gasteiger partial charge in [-0.05, 0) is 48.0 Å². The smallest absolute Gasteiger partial charge is 0.342 e. The number of alkyl halides is 3. The highest BCUT2D eigenvalue weighted by Gasteiger charge is 2.30. The zero-order valence-corrected chi connectivity index (χ0v) is 16.1. The summed E-state index contributed by atoms with van der Waals surface area (Å²) >= 11 is 5.92. The second-order valence-corrected chi connectivity index (χ2v) is 6.94. The van der Waals surface area contributed by atoms with Gasteiger partial charge in [-0.2, -0.15) is 13.2 Å². The van der Waals surface area contributed by atoms with Crippen LogP contribution in [-0.4, -0.2) is 20.9 Å². The molecule has 0 saturated carbocycles. The van der Waals surface area contributed by atoms with Crippen LogP contribution in [0.4, 0.5) is 18.9 Å². The molecule has 152 valence electrons. The van der Waals surface area contributed by atoms with Gasteiger partial charge in [-0.1, -0.05) is 23.7 Å². The summed E-state index contributed by atoms with van der Waals surface area (Å²) in [6.07, 6.45) is -2.51. The van der Waals surface area contributed by atoms with Crippen molar-refractivity contribution in [2.45, 2.75) is 12.6 Å². The van der Waals surface area contributed by atoms with E-state index < -0.39 is 11.7 Å². The number of imidazole rings is 1. The highest BCUT2D eigenvalue weighted by Crippen LogP contribution is 2.31. The van der Waals surface area contributed by atoms with Crippen LogP contribution in [0.2, 0.25) is 5.15 Å². The maximum absolute atomic E-state index is 12.9. The van der Waals surface area contributed by atoms with Crippen LogP contribution in [0.25, 0.3) is 11.0 Å². The standard InChI is InChI=1S/C21H14ClF3N4O/c22-19-15(2-1-9-26-19)20(30)27-14-6-3-12(4-7-14)10-18-28-16-8-5-13(21(23,24)25)11-17(16)29-18/h1-9,11H,10H2,(H,27,30)(H,28,29). The van der Waals surface area contributed by atoms with Crippen LogP contribution in [0.3, 0.4) is 0 Å². The lowest BCUT2D eigenvalue weighted by atomic mass is 10.1. The Hall–Kier alpha value is -3.39. The summed E-state index contributed by atoms with van der Waals surface area (Å²) in [4.78, 5) is 23.4. The lowest BCUT2D eigenvalue weighted by Gasteiger charge is -2.07. The Kier molecular flexibility index (Phi) is 5.17. The first-order chi connectivity index (χ1) is 14.3. The van der Waals surface area contributed by atoms with Crippen molar-refractivity contribution in [3.05, 3.63) is 88.5 Å². The number of carbonyl (C=O) groups excluding carboxylic acids is 1. The highest BCUT2D eigenvalue weighted by molar-refractivity contribution is 6.33. The highest BCUT2D eigenvalue weighted by atomic mass is 35.5. The number of hydrogen-bond acceptors (Lipinski definition) is 3. The predicted octanol–water partition coefficient (Wildman–Crippen LogP) is 5.47. The zero-order valence-electron chi connectivity index (χ0n) is 15.3. The fourth-order valence-corrected chi connectivity index (χ4v) is 3.18. The molecular formula is C21H14ClF3N4O. The van der Waals surface area contributed by atoms with Gasteiger partial charge in [0.1, 0.15) is 11.0 Å². The number of nitrogens with zero attached hydrogens (tertiary/aromatic N) is 2. The Morgan fingerprint density at radius 2 is 1.87 bits per heavy atom. The van der Waals surface area contributed by atoms with Crippen LogP contribution in [0, 0.1) is 0 Å². The number of pyridine rings is 1. The van der Waals surface area contributed by atoms with E-state index in [2.05, 4.69) is 20.3 Å². The van der Waals surface area contributed by atoms with Crippen molar-refractivity contribution >= 4 is 34.2 Å². The molecular weight excluding hydrogens is 417 g/mol. The topological polar surface area (TPSA) is 70.7 Å². The second kappa shape index (κ2) is 7.79. The maximum atomic E-state index is 12.9. The van der Waals surface area contributed by atoms with Gasteiger partial charge in [0.2, 0.25) is 0 Å². The molecule has 4 rings (SSSR count). The molecule has 0 atom stereocenters. The van der Waals surface area contributed by atoms with Gasteiger partial charge in [-0.3, -0.25) is 4.79 Å². The number of hydrogen-bond donors (Lipinski definition) is 2. The van der Waals surface area contributed by atoms with E-state index in [0.29, 0.717) is 29.0 Å². The molecule has 0 radical (unpaired) electrons. The number of anilines is 1. The molecule has 0 bridgehead atoms. The van der Waals surface area contributed by atoms with Crippen LogP contribution in [0.1, 0.15) is 27.3 Å². The molecule has 5 nitrogen and oxygen atoms in total. The van der Waals surface area contributed by atoms with E-state index in [1.165, 1.54) is 12.3 Å². The minimum atomic E-state index is -4.40. The minimum absolute atomic E-state index is 0.116. The molecule has 2 heterocycles. The number of nitrogens with one attached hydrogen (secondary N) is 2. The Morgan fingerprint density at radius 3 is 2.57 bits per heavy atom. The van der Waals surface area contributed by atoms with Gasteiger partial charge < -0.3 is 10.3 Å². The molecule has 0 fully saturated rings. The first kappa shape index (κ1) is 19.9. The normalized spacial score (nSPS) is 11.6. The third-order valence-corrected chi connectivity index (χ3v) is 4.75. The van der Waals surface area contributed by atoms with Crippen molar-refractivity contribution < 1.29 is 18.0 Å². The van der Waals surface area contributed by atoms with Crippen molar-refractivity contribution in [3.63, 3.8) is 0 Å². The molecule has 0 spiro atoms. The summed E-state index contributed by atoms with van der Waals surface area (Å²) in [5.41, 5.74) is 1.79. The number of halogens is 4. The molecule has 0 saturated heterocycles. The molecule has 0 aliphatic heterocycles. The zero-order chi connectivity index (χ0) is 21.3. The van der Waals surface area contributed by atoms with Gasteiger partial charge in [-0.15, -0.1) is 0 Å². The summed E-state index contributed by atoms with van der Waals surface area (Å²) in [5.74, 6) is 0.168. The van der Waals surface area contributed by atoms with E-state index in [-0.39, 0.29) is 16.6 Å². The predicted molar refractivity (Wildman–Crippen MR) is 108 cm³/mol. The van der Waals surface area contributed by atoms with Crippen molar-refractivity contribution in [2.24, 2.45) is 0 Å². The van der Waals surface area contributed by atoms with Gasteiger partial charge in [0.15, 0.2) is 0 Å². The molecule has 30 heavy (non-hydrogen) atoms. The summed E-state index contributed by atoms with van der Waals surface area (Å²) in [5, 5.41) is 2.85. The van der Waals surface area contributed by atoms with Crippen LogP contribution in [0.5, 0.6) is 0 Å². The van der Waals surface area contributed by atoms with E-state index in [1.807, 2.05) is 0 Å². The second-order valence-electron chi connectivity index (χ2n) is 6.58. The van der Waals surface area contributed by atoms with Crippen LogP contribution < -0.4 is 5.32 Å². The van der Waals surface area contributed by atoms with Crippen molar-refractivity contribution in [2.75, 3.05) is 5.32 Å². The number of amides is 1. The van der Waals surface area contributed by atoms with Crippen LogP contribution in [0.15, 0.2) is 60.8 Å². The van der Waals surface area contributed by atoms with E-state index in [4.69, 9.17) is 11.6 Å². The largest absolute Gasteiger partial charge is 0.416 e. The Balaban J connectivity index is 1.47. The van der Waals surface area contributed by atoms with Gasteiger partial charge in [0.25, 0.3) is 5.91 Å². The molecule has 0 aliphatic carbocycles. The fraction of sp³-hybridized carbons (Fsp3) is 0.0952. The van der Waals surface area contributed by atoms with Crippen molar-refractivity contribution in [1.29, 1.82) is 0 Å². The molecule has 0 unspecified atom stereocenters. The molecule has 1 amide bonds. The summed E-state index contributed by atoms with van der Waals surface area (Å²) in [7, 11) is 0. The number of rotatable bonds is 4. The SMILES string of the molecule is O=C(Nc1ccc(Cc2nc3ccc(C(F)(F)F)cc3[nH]2)cc1)c1cccnc1Cl. The molecule has 2 N–H and O–H groups in total. The molecule has 2 aromatic heterocycles. The third-order valence-electron chi connectivity index (χ3n) is 4.45. The Bertz CT molecular complexity index is 1220.